The number of aliphatic carboxylic acids is 1. The predicted octanol–water partition coefficient (Wildman–Crippen LogP) is 12.4. The van der Waals surface area contributed by atoms with Gasteiger partial charge in [-0.05, 0) is 183 Å². The smallest absolute Gasteiger partial charge is 0.307 e. The van der Waals surface area contributed by atoms with E-state index in [1.54, 1.807) is 36.4 Å². The van der Waals surface area contributed by atoms with E-state index in [0.717, 1.165) is 44.1 Å². The van der Waals surface area contributed by atoms with Crippen molar-refractivity contribution >= 4 is 93.8 Å². The number of benzene rings is 2. The van der Waals surface area contributed by atoms with Crippen molar-refractivity contribution in [3.05, 3.63) is 115 Å². The molecule has 5 aliphatic carbocycles. The highest BCUT2D eigenvalue weighted by atomic mass is 35.5. The third-order valence-electron chi connectivity index (χ3n) is 21.5. The van der Waals surface area contributed by atoms with Crippen molar-refractivity contribution in [1.29, 1.82) is 0 Å². The van der Waals surface area contributed by atoms with Crippen molar-refractivity contribution < 1.29 is 58.2 Å². The summed E-state index contributed by atoms with van der Waals surface area (Å²) in [6.45, 7) is 8.32. The SMILES string of the molecule is CC1(C)CCC2(CC1)C[C@@H](C(=O)C[C@@H]1CC[C@@](O)(CO)OC1)[C@H](c1ccnc(Cl)c1F)[C@]21C(=O)Nc2cc(Cl)ccc21.CC1(C)CCC2(CC1)C[C@@H](C(=O)O)[C@H](c1ccnc(Cl)c1F)C21C(=O)Nc2cc(Cl)ccc21.Cl.NC1CCC(O)(CO)CC1. The predicted molar refractivity (Wildman–Crippen MR) is 327 cm³/mol. The van der Waals surface area contributed by atoms with Gasteiger partial charge in [0.2, 0.25) is 11.8 Å². The van der Waals surface area contributed by atoms with Gasteiger partial charge in [0.1, 0.15) is 5.78 Å². The van der Waals surface area contributed by atoms with Gasteiger partial charge in [-0.2, -0.15) is 0 Å². The standard InChI is InChI=1S/C32H37Cl2FN2O5.C25H25Cl2FN2O3.C7H15NO2.ClH/c1-29(2)8-10-30(11-9-29)15-21(24(39)13-18-5-7-31(41,17-38)42-16-18)25(20-6-12-36-27(34)26(20)35)32(30)22-4-3-19(33)14-23(22)37-28(32)40;1-23(2)6-8-24(9-7-23)12-15(21(31)32)18(14-5-10-29-20(27)19(14)28)25(24)16-4-3-13(26)11-17(16)30-22(25)33;8-6-1-3-7(10,5-9)4-2-6;/h3-4,6,12,14,18,21,25,38,41H,5,7-11,13,15-17H2,1-2H3,(H,37,40);3-5,10-11,15,18H,6-9,12H2,1-2H3,(H,30,33)(H,31,32);6,9-10H,1-5,8H2;1H/t18-,21-,25-,31-,32+;15-,18+,25?;;/m01../s1. The first kappa shape index (κ1) is 66.3. The van der Waals surface area contributed by atoms with E-state index in [9.17, 15) is 39.6 Å². The van der Waals surface area contributed by atoms with E-state index in [1.807, 2.05) is 6.07 Å². The molecule has 8 atom stereocenters. The summed E-state index contributed by atoms with van der Waals surface area (Å²) in [4.78, 5) is 63.3. The van der Waals surface area contributed by atoms with Crippen LogP contribution in [0.25, 0.3) is 0 Å². The van der Waals surface area contributed by atoms with Crippen LogP contribution in [-0.4, -0.2) is 96.3 Å². The molecule has 2 aromatic carbocycles. The maximum atomic E-state index is 16.0. The highest BCUT2D eigenvalue weighted by Gasteiger charge is 2.74. The summed E-state index contributed by atoms with van der Waals surface area (Å²) in [6.07, 6.45) is 13.6. The molecule has 22 heteroatoms. The maximum Gasteiger partial charge on any atom is 0.307 e. The molecule has 0 radical (unpaired) electrons. The molecule has 5 heterocycles. The number of amides is 2. The molecule has 4 spiro atoms. The monoisotopic (exact) mass is 1290 g/mol. The average Bonchev–Trinajstić information content (AvgIpc) is 1.52. The van der Waals surface area contributed by atoms with Crippen molar-refractivity contribution in [1.82, 2.24) is 9.97 Å². The van der Waals surface area contributed by atoms with Gasteiger partial charge < -0.3 is 46.6 Å². The number of carbonyl (C=O) groups excluding carboxylic acids is 3. The van der Waals surface area contributed by atoms with E-state index in [0.29, 0.717) is 78.4 Å². The highest BCUT2D eigenvalue weighted by molar-refractivity contribution is 6.32. The molecule has 2 aromatic heterocycles. The van der Waals surface area contributed by atoms with Crippen molar-refractivity contribution in [2.45, 2.75) is 177 Å². The quantitative estimate of drug-likeness (QED) is 0.0765. The minimum absolute atomic E-state index is 0. The molecule has 468 valence electrons. The van der Waals surface area contributed by atoms with Crippen molar-refractivity contribution in [2.24, 2.45) is 45.1 Å². The van der Waals surface area contributed by atoms with Gasteiger partial charge in [-0.25, -0.2) is 18.7 Å². The summed E-state index contributed by atoms with van der Waals surface area (Å²) in [6, 6.07) is 13.8. The number of anilines is 2. The van der Waals surface area contributed by atoms with Crippen LogP contribution >= 0.6 is 58.8 Å². The summed E-state index contributed by atoms with van der Waals surface area (Å²) in [5.41, 5.74) is 4.22. The number of fused-ring (bicyclic) bond motifs is 6. The molecule has 6 fully saturated rings. The van der Waals surface area contributed by atoms with Crippen LogP contribution in [0.1, 0.15) is 171 Å². The van der Waals surface area contributed by atoms with Gasteiger partial charge >= 0.3 is 5.97 Å². The number of aliphatic hydroxyl groups excluding tert-OH is 2. The molecule has 3 aliphatic heterocycles. The van der Waals surface area contributed by atoms with Crippen LogP contribution in [0.3, 0.4) is 0 Å². The van der Waals surface area contributed by atoms with Crippen molar-refractivity contribution in [2.75, 3.05) is 30.5 Å². The van der Waals surface area contributed by atoms with Gasteiger partial charge in [-0.3, -0.25) is 19.2 Å². The molecule has 5 saturated carbocycles. The molecule has 1 saturated heterocycles. The maximum absolute atomic E-state index is 16.0. The van der Waals surface area contributed by atoms with Crippen molar-refractivity contribution in [3.8, 4) is 0 Å². The number of Topliss-reactive ketones (excluding diaryl/α,β-unsaturated/α-hetero) is 1. The second kappa shape index (κ2) is 24.6. The molecule has 8 aliphatic rings. The number of hydrogen-bond donors (Lipinski definition) is 8. The van der Waals surface area contributed by atoms with Gasteiger partial charge in [0, 0.05) is 70.5 Å². The highest BCUT2D eigenvalue weighted by Crippen LogP contribution is 2.74. The molecule has 0 bridgehead atoms. The molecular formula is C64H78Cl5F2N5O10. The third kappa shape index (κ3) is 11.5. The number of aliphatic hydroxyl groups is 4. The van der Waals surface area contributed by atoms with E-state index >= 15 is 8.78 Å². The zero-order chi connectivity index (χ0) is 61.5. The number of pyridine rings is 2. The molecule has 12 rings (SSSR count). The first-order valence-electron chi connectivity index (χ1n) is 29.7. The number of carbonyl (C=O) groups is 4. The zero-order valence-corrected chi connectivity index (χ0v) is 52.6. The van der Waals surface area contributed by atoms with Gasteiger partial charge in [0.15, 0.2) is 27.7 Å². The lowest BCUT2D eigenvalue weighted by Gasteiger charge is -2.51. The summed E-state index contributed by atoms with van der Waals surface area (Å²) in [7, 11) is 0. The summed E-state index contributed by atoms with van der Waals surface area (Å²) in [5.74, 6) is -8.22. The fourth-order valence-corrected chi connectivity index (χ4v) is 17.3. The van der Waals surface area contributed by atoms with Gasteiger partial charge in [0.25, 0.3) is 0 Å². The lowest BCUT2D eigenvalue weighted by Crippen LogP contribution is -2.52. The summed E-state index contributed by atoms with van der Waals surface area (Å²) >= 11 is 24.9. The van der Waals surface area contributed by atoms with Crippen LogP contribution < -0.4 is 16.4 Å². The number of ether oxygens (including phenoxy) is 1. The summed E-state index contributed by atoms with van der Waals surface area (Å²) < 4.78 is 37.0. The fourth-order valence-electron chi connectivity index (χ4n) is 16.6. The van der Waals surface area contributed by atoms with Crippen LogP contribution in [0.5, 0.6) is 0 Å². The van der Waals surface area contributed by atoms with Gasteiger partial charge in [0.05, 0.1) is 42.2 Å². The van der Waals surface area contributed by atoms with Crippen LogP contribution in [-0.2, 0) is 34.7 Å². The lowest BCUT2D eigenvalue weighted by atomic mass is 9.51. The number of rotatable bonds is 8. The van der Waals surface area contributed by atoms with Crippen LogP contribution in [0.2, 0.25) is 20.4 Å². The Morgan fingerprint density at radius 1 is 0.651 bits per heavy atom. The molecule has 9 N–H and O–H groups in total. The number of nitrogens with one attached hydrogen (secondary N) is 2. The van der Waals surface area contributed by atoms with E-state index in [-0.39, 0.29) is 107 Å². The normalized spacial score (nSPS) is 32.3. The second-order valence-electron chi connectivity index (χ2n) is 27.4. The number of halogens is 7. The summed E-state index contributed by atoms with van der Waals surface area (Å²) in [5, 5.41) is 54.7. The lowest BCUT2D eigenvalue weighted by molar-refractivity contribution is -0.253. The molecule has 1 unspecified atom stereocenters. The topological polar surface area (TPSA) is 255 Å². The zero-order valence-electron chi connectivity index (χ0n) is 48.8. The molecule has 15 nitrogen and oxygen atoms in total. The molecular weight excluding hydrogens is 1210 g/mol. The minimum Gasteiger partial charge on any atom is -0.481 e. The number of nitrogens with two attached hydrogens (primary N) is 1. The number of ketones is 1. The molecule has 2 amide bonds. The Balaban J connectivity index is 0.000000178. The van der Waals surface area contributed by atoms with Crippen molar-refractivity contribution in [3.63, 3.8) is 0 Å². The first-order chi connectivity index (χ1) is 40.0. The molecule has 4 aromatic rings. The Hall–Kier alpha value is -4.11. The minimum atomic E-state index is -1.59. The first-order valence-corrected chi connectivity index (χ1v) is 31.2. The van der Waals surface area contributed by atoms with E-state index in [4.69, 9.17) is 62.0 Å². The number of carboxylic acid groups (broad SMARTS) is 1. The van der Waals surface area contributed by atoms with E-state index in [2.05, 4.69) is 48.3 Å². The van der Waals surface area contributed by atoms with Crippen LogP contribution in [0.15, 0.2) is 60.9 Å². The Bertz CT molecular complexity index is 3250. The van der Waals surface area contributed by atoms with Crippen LogP contribution in [0.4, 0.5) is 20.2 Å². The van der Waals surface area contributed by atoms with E-state index < -0.39 is 80.9 Å². The Kier molecular flexibility index (Phi) is 19.0. The number of aromatic nitrogens is 2. The Morgan fingerprint density at radius 2 is 1.09 bits per heavy atom. The number of hydrogen-bond acceptors (Lipinski definition) is 12. The number of nitrogens with zero attached hydrogens (tertiary/aromatic N) is 2. The van der Waals surface area contributed by atoms with Gasteiger partial charge in [-0.1, -0.05) is 86.2 Å². The Labute approximate surface area is 526 Å². The fraction of sp³-hybridized carbons (Fsp3) is 0.594. The van der Waals surface area contributed by atoms with Gasteiger partial charge in [-0.15, -0.1) is 12.4 Å². The third-order valence-corrected chi connectivity index (χ3v) is 22.5. The largest absolute Gasteiger partial charge is 0.481 e. The van der Waals surface area contributed by atoms with E-state index in [1.165, 1.54) is 18.5 Å². The average molecular weight is 1290 g/mol. The number of carboxylic acids is 1. The second-order valence-corrected chi connectivity index (χ2v) is 29.0. The van der Waals surface area contributed by atoms with Crippen LogP contribution in [0, 0.1) is 51.0 Å². The Morgan fingerprint density at radius 3 is 1.50 bits per heavy atom. The molecule has 86 heavy (non-hydrogen) atoms.